The molecule has 1 saturated heterocycles. The van der Waals surface area contributed by atoms with Gasteiger partial charge in [-0.1, -0.05) is 42.8 Å². The number of benzene rings is 1. The van der Waals surface area contributed by atoms with Crippen LogP contribution in [0.2, 0.25) is 5.02 Å². The van der Waals surface area contributed by atoms with Gasteiger partial charge in [0.1, 0.15) is 0 Å². The van der Waals surface area contributed by atoms with Crippen molar-refractivity contribution in [1.82, 2.24) is 14.5 Å². The lowest BCUT2D eigenvalue weighted by atomic mass is 10.00. The summed E-state index contributed by atoms with van der Waals surface area (Å²) in [5.41, 5.74) is 3.64. The molecular weight excluding hydrogens is 370 g/mol. The first kappa shape index (κ1) is 18.8. The van der Waals surface area contributed by atoms with Gasteiger partial charge in [0.25, 0.3) is 0 Å². The maximum absolute atomic E-state index is 12.7. The highest BCUT2D eigenvalue weighted by Gasteiger charge is 2.23. The van der Waals surface area contributed by atoms with E-state index in [-0.39, 0.29) is 5.91 Å². The van der Waals surface area contributed by atoms with Crippen LogP contribution in [0.15, 0.2) is 54.7 Å². The van der Waals surface area contributed by atoms with E-state index in [4.69, 9.17) is 11.6 Å². The quantitative estimate of drug-likeness (QED) is 0.552. The van der Waals surface area contributed by atoms with Gasteiger partial charge in [0.15, 0.2) is 0 Å². The number of hydrogen-bond donors (Lipinski definition) is 0. The van der Waals surface area contributed by atoms with Crippen LogP contribution in [0.4, 0.5) is 0 Å². The van der Waals surface area contributed by atoms with Crippen molar-refractivity contribution in [3.05, 3.63) is 65.3 Å². The number of likely N-dealkylation sites (tertiary alicyclic amines) is 1. The molecule has 1 aromatic carbocycles. The smallest absolute Gasteiger partial charge is 0.246 e. The Hall–Kier alpha value is -2.59. The second kappa shape index (κ2) is 8.19. The molecule has 28 heavy (non-hydrogen) atoms. The minimum Gasteiger partial charge on any atom is -0.336 e. The zero-order valence-electron chi connectivity index (χ0n) is 16.0. The standard InChI is InChI=1S/C23H24ClN3O/c1-2-18-9-5-6-14-26(18)23(28)13-12-17-8-7-15-27-22(17)16-21(25-27)19-10-3-4-11-20(19)24/h3-4,7-8,10-13,15-16,18H,2,5-6,9,14H2,1H3. The molecule has 1 amide bonds. The van der Waals surface area contributed by atoms with E-state index in [9.17, 15) is 4.79 Å². The molecule has 0 spiro atoms. The molecule has 5 heteroatoms. The van der Waals surface area contributed by atoms with E-state index in [1.54, 1.807) is 6.08 Å². The Morgan fingerprint density at radius 3 is 2.93 bits per heavy atom. The van der Waals surface area contributed by atoms with E-state index >= 15 is 0 Å². The van der Waals surface area contributed by atoms with E-state index in [0.717, 1.165) is 48.1 Å². The monoisotopic (exact) mass is 393 g/mol. The van der Waals surface area contributed by atoms with Crippen LogP contribution >= 0.6 is 11.6 Å². The molecule has 4 rings (SSSR count). The molecule has 1 unspecified atom stereocenters. The Bertz CT molecular complexity index is 1020. The van der Waals surface area contributed by atoms with Gasteiger partial charge >= 0.3 is 0 Å². The van der Waals surface area contributed by atoms with Crippen molar-refractivity contribution in [2.45, 2.75) is 38.6 Å². The van der Waals surface area contributed by atoms with Gasteiger partial charge in [0.2, 0.25) is 5.91 Å². The predicted molar refractivity (Wildman–Crippen MR) is 114 cm³/mol. The first-order chi connectivity index (χ1) is 13.7. The van der Waals surface area contributed by atoms with Gasteiger partial charge < -0.3 is 4.90 Å². The SMILES string of the molecule is CCC1CCCCN1C(=O)C=Cc1cccn2nc(-c3ccccc3Cl)cc12. The van der Waals surface area contributed by atoms with Crippen molar-refractivity contribution in [3.63, 3.8) is 0 Å². The first-order valence-corrected chi connectivity index (χ1v) is 10.3. The Morgan fingerprint density at radius 1 is 1.25 bits per heavy atom. The molecule has 3 aromatic rings. The minimum absolute atomic E-state index is 0.0967. The molecule has 1 aliphatic heterocycles. The van der Waals surface area contributed by atoms with Crippen molar-refractivity contribution < 1.29 is 4.79 Å². The molecule has 4 nitrogen and oxygen atoms in total. The summed E-state index contributed by atoms with van der Waals surface area (Å²) in [5, 5.41) is 5.32. The number of nitrogens with zero attached hydrogens (tertiary/aromatic N) is 3. The third-order valence-electron chi connectivity index (χ3n) is 5.47. The molecule has 1 aliphatic rings. The average Bonchev–Trinajstić information content (AvgIpc) is 3.17. The van der Waals surface area contributed by atoms with Crippen LogP contribution in [0.1, 0.15) is 38.2 Å². The number of hydrogen-bond acceptors (Lipinski definition) is 2. The highest BCUT2D eigenvalue weighted by molar-refractivity contribution is 6.33. The second-order valence-corrected chi connectivity index (χ2v) is 7.63. The molecule has 0 saturated carbocycles. The molecular formula is C23H24ClN3O. The number of pyridine rings is 1. The van der Waals surface area contributed by atoms with Crippen molar-refractivity contribution in [2.24, 2.45) is 0 Å². The van der Waals surface area contributed by atoms with Gasteiger partial charge in [0, 0.05) is 36.0 Å². The minimum atomic E-state index is 0.0967. The Morgan fingerprint density at radius 2 is 2.11 bits per heavy atom. The fourth-order valence-electron chi connectivity index (χ4n) is 3.95. The number of carbonyl (C=O) groups is 1. The Labute approximate surface area is 170 Å². The molecule has 0 aliphatic carbocycles. The lowest BCUT2D eigenvalue weighted by Gasteiger charge is -2.34. The lowest BCUT2D eigenvalue weighted by Crippen LogP contribution is -2.42. The van der Waals surface area contributed by atoms with Crippen LogP contribution in [0, 0.1) is 0 Å². The predicted octanol–water partition coefficient (Wildman–Crippen LogP) is 5.46. The van der Waals surface area contributed by atoms with Crippen LogP contribution < -0.4 is 0 Å². The molecule has 1 atom stereocenters. The first-order valence-electron chi connectivity index (χ1n) is 9.89. The van der Waals surface area contributed by atoms with Crippen molar-refractivity contribution in [1.29, 1.82) is 0 Å². The van der Waals surface area contributed by atoms with Crippen LogP contribution in [0.25, 0.3) is 22.9 Å². The maximum atomic E-state index is 12.7. The maximum Gasteiger partial charge on any atom is 0.246 e. The average molecular weight is 394 g/mol. The zero-order valence-corrected chi connectivity index (χ0v) is 16.8. The van der Waals surface area contributed by atoms with E-state index in [0.29, 0.717) is 11.1 Å². The van der Waals surface area contributed by atoms with E-state index < -0.39 is 0 Å². The Kier molecular flexibility index (Phi) is 5.49. The number of halogens is 1. The summed E-state index contributed by atoms with van der Waals surface area (Å²) in [4.78, 5) is 14.8. The van der Waals surface area contributed by atoms with Crippen LogP contribution in [0.3, 0.4) is 0 Å². The topological polar surface area (TPSA) is 37.6 Å². The summed E-state index contributed by atoms with van der Waals surface area (Å²) in [6.07, 6.45) is 9.94. The number of piperidine rings is 1. The highest BCUT2D eigenvalue weighted by atomic mass is 35.5. The normalized spacial score (nSPS) is 17.5. The van der Waals surface area contributed by atoms with Crippen molar-refractivity contribution in [2.75, 3.05) is 6.54 Å². The molecule has 3 heterocycles. The van der Waals surface area contributed by atoms with Crippen LogP contribution in [0.5, 0.6) is 0 Å². The lowest BCUT2D eigenvalue weighted by molar-refractivity contribution is -0.129. The van der Waals surface area contributed by atoms with E-state index in [2.05, 4.69) is 12.0 Å². The van der Waals surface area contributed by atoms with Gasteiger partial charge in [0.05, 0.1) is 16.2 Å². The Balaban J connectivity index is 1.63. The third kappa shape index (κ3) is 3.69. The van der Waals surface area contributed by atoms with E-state index in [1.165, 1.54) is 6.42 Å². The van der Waals surface area contributed by atoms with Crippen LogP contribution in [-0.2, 0) is 4.79 Å². The number of fused-ring (bicyclic) bond motifs is 1. The summed E-state index contributed by atoms with van der Waals surface area (Å²) in [6.45, 7) is 3.01. The summed E-state index contributed by atoms with van der Waals surface area (Å²) >= 11 is 6.33. The number of carbonyl (C=O) groups excluding carboxylic acids is 1. The molecule has 2 aromatic heterocycles. The molecule has 0 bridgehead atoms. The number of amides is 1. The number of rotatable bonds is 4. The van der Waals surface area contributed by atoms with E-state index in [1.807, 2.05) is 64.2 Å². The van der Waals surface area contributed by atoms with Crippen LogP contribution in [-0.4, -0.2) is 33.0 Å². The third-order valence-corrected chi connectivity index (χ3v) is 5.80. The van der Waals surface area contributed by atoms with Crippen molar-refractivity contribution in [3.8, 4) is 11.3 Å². The summed E-state index contributed by atoms with van der Waals surface area (Å²) in [7, 11) is 0. The fraction of sp³-hybridized carbons (Fsp3) is 0.304. The second-order valence-electron chi connectivity index (χ2n) is 7.23. The summed E-state index contributed by atoms with van der Waals surface area (Å²) in [5.74, 6) is 0.0967. The van der Waals surface area contributed by atoms with Gasteiger partial charge in [-0.15, -0.1) is 0 Å². The largest absolute Gasteiger partial charge is 0.336 e. The van der Waals surface area contributed by atoms with Gasteiger partial charge in [-0.2, -0.15) is 5.10 Å². The van der Waals surface area contributed by atoms with Gasteiger partial charge in [-0.05, 0) is 50.0 Å². The van der Waals surface area contributed by atoms with Gasteiger partial charge in [-0.25, -0.2) is 4.52 Å². The number of aromatic nitrogens is 2. The van der Waals surface area contributed by atoms with Crippen molar-refractivity contribution >= 4 is 29.1 Å². The molecule has 0 radical (unpaired) electrons. The molecule has 144 valence electrons. The summed E-state index contributed by atoms with van der Waals surface area (Å²) in [6, 6.07) is 14.0. The highest BCUT2D eigenvalue weighted by Crippen LogP contribution is 2.28. The molecule has 0 N–H and O–H groups in total. The molecule has 1 fully saturated rings. The zero-order chi connectivity index (χ0) is 19.5. The summed E-state index contributed by atoms with van der Waals surface area (Å²) < 4.78 is 1.83. The van der Waals surface area contributed by atoms with Gasteiger partial charge in [-0.3, -0.25) is 4.79 Å². The fourth-order valence-corrected chi connectivity index (χ4v) is 4.18.